The number of rotatable bonds is 4. The van der Waals surface area contributed by atoms with Gasteiger partial charge in [0.2, 0.25) is 0 Å². The molecule has 1 rings (SSSR count). The lowest BCUT2D eigenvalue weighted by molar-refractivity contribution is 0.0697. The molecule has 0 radical (unpaired) electrons. The predicted molar refractivity (Wildman–Crippen MR) is 56.2 cm³/mol. The largest absolute Gasteiger partial charge is 0.478 e. The van der Waals surface area contributed by atoms with Gasteiger partial charge in [-0.3, -0.25) is 0 Å². The molecule has 3 nitrogen and oxygen atoms in total. The second-order valence-electron chi connectivity index (χ2n) is 2.52. The topological polar surface area (TPSA) is 57.5 Å². The second-order valence-corrected chi connectivity index (χ2v) is 4.09. The summed E-state index contributed by atoms with van der Waals surface area (Å²) >= 11 is 7.17. The van der Waals surface area contributed by atoms with Gasteiger partial charge >= 0.3 is 5.97 Å². The van der Waals surface area contributed by atoms with Crippen LogP contribution in [0.2, 0.25) is 5.02 Å². The van der Waals surface area contributed by atoms with Crippen LogP contribution in [-0.2, 0) is 0 Å². The van der Waals surface area contributed by atoms with E-state index in [1.54, 1.807) is 12.1 Å². The third-order valence-corrected chi connectivity index (χ3v) is 2.82. The maximum absolute atomic E-state index is 10.6. The highest BCUT2D eigenvalue weighted by atomic mass is 35.5. The maximum Gasteiger partial charge on any atom is 0.337 e. The van der Waals surface area contributed by atoms with Crippen LogP contribution in [0.15, 0.2) is 23.1 Å². The van der Waals surface area contributed by atoms with Crippen molar-refractivity contribution < 1.29 is 15.0 Å². The van der Waals surface area contributed by atoms with Crippen molar-refractivity contribution in [1.82, 2.24) is 0 Å². The van der Waals surface area contributed by atoms with E-state index >= 15 is 0 Å². The summed E-state index contributed by atoms with van der Waals surface area (Å²) in [7, 11) is 0. The summed E-state index contributed by atoms with van der Waals surface area (Å²) in [5, 5.41) is 17.5. The van der Waals surface area contributed by atoms with Crippen molar-refractivity contribution in [3.63, 3.8) is 0 Å². The average Bonchev–Trinajstić information content (AvgIpc) is 2.14. The standard InChI is InChI=1S/C9H9ClO3S/c10-8-5-6(14-4-3-11)1-2-7(8)9(12)13/h1-2,5,11H,3-4H2,(H,12,13). The lowest BCUT2D eigenvalue weighted by Gasteiger charge is -2.02. The predicted octanol–water partition coefficient (Wildman–Crippen LogP) is 2.12. The Hall–Kier alpha value is -0.710. The third kappa shape index (κ3) is 2.90. The quantitative estimate of drug-likeness (QED) is 0.781. The van der Waals surface area contributed by atoms with Gasteiger partial charge in [0.1, 0.15) is 0 Å². The number of hydrogen-bond donors (Lipinski definition) is 2. The molecule has 0 unspecified atom stereocenters. The molecule has 0 fully saturated rings. The number of carbonyl (C=O) groups is 1. The minimum Gasteiger partial charge on any atom is -0.478 e. The fourth-order valence-electron chi connectivity index (χ4n) is 0.923. The second kappa shape index (κ2) is 5.24. The Balaban J connectivity index is 2.83. The molecule has 0 saturated carbocycles. The molecule has 0 spiro atoms. The van der Waals surface area contributed by atoms with E-state index in [-0.39, 0.29) is 17.2 Å². The van der Waals surface area contributed by atoms with E-state index in [9.17, 15) is 4.79 Å². The Morgan fingerprint density at radius 3 is 2.71 bits per heavy atom. The van der Waals surface area contributed by atoms with Gasteiger partial charge in [0.15, 0.2) is 0 Å². The molecule has 76 valence electrons. The van der Waals surface area contributed by atoms with E-state index in [4.69, 9.17) is 21.8 Å². The monoisotopic (exact) mass is 232 g/mol. The Kier molecular flexibility index (Phi) is 4.25. The van der Waals surface area contributed by atoms with E-state index in [1.807, 2.05) is 0 Å². The van der Waals surface area contributed by atoms with Crippen molar-refractivity contribution in [2.24, 2.45) is 0 Å². The first-order valence-electron chi connectivity index (χ1n) is 3.91. The molecule has 0 aliphatic rings. The number of carboxylic acids is 1. The van der Waals surface area contributed by atoms with Crippen LogP contribution in [0.25, 0.3) is 0 Å². The smallest absolute Gasteiger partial charge is 0.337 e. The van der Waals surface area contributed by atoms with Crippen LogP contribution in [0.3, 0.4) is 0 Å². The van der Waals surface area contributed by atoms with Crippen molar-refractivity contribution in [1.29, 1.82) is 0 Å². The minimum atomic E-state index is -1.03. The minimum absolute atomic E-state index is 0.0863. The summed E-state index contributed by atoms with van der Waals surface area (Å²) in [5.74, 6) is -0.461. The summed E-state index contributed by atoms with van der Waals surface area (Å²) in [6, 6.07) is 4.73. The van der Waals surface area contributed by atoms with E-state index in [2.05, 4.69) is 0 Å². The molecule has 1 aromatic rings. The normalized spacial score (nSPS) is 10.1. The van der Waals surface area contributed by atoms with Crippen LogP contribution < -0.4 is 0 Å². The number of aliphatic hydroxyl groups is 1. The first kappa shape index (κ1) is 11.4. The molecule has 1 aromatic carbocycles. The third-order valence-electron chi connectivity index (χ3n) is 1.53. The van der Waals surface area contributed by atoms with Gasteiger partial charge in [-0.05, 0) is 18.2 Å². The SMILES string of the molecule is O=C(O)c1ccc(SCCO)cc1Cl. The van der Waals surface area contributed by atoms with Crippen molar-refractivity contribution in [2.75, 3.05) is 12.4 Å². The molecule has 0 heterocycles. The van der Waals surface area contributed by atoms with Crippen LogP contribution >= 0.6 is 23.4 Å². The fraction of sp³-hybridized carbons (Fsp3) is 0.222. The fourth-order valence-corrected chi connectivity index (χ4v) is 1.94. The van der Waals surface area contributed by atoms with Gasteiger partial charge in [0.05, 0.1) is 17.2 Å². The lowest BCUT2D eigenvalue weighted by atomic mass is 10.2. The molecular formula is C9H9ClO3S. The van der Waals surface area contributed by atoms with Crippen LogP contribution in [0.1, 0.15) is 10.4 Å². The van der Waals surface area contributed by atoms with Crippen LogP contribution in [0.5, 0.6) is 0 Å². The van der Waals surface area contributed by atoms with Gasteiger partial charge in [0.25, 0.3) is 0 Å². The zero-order valence-electron chi connectivity index (χ0n) is 7.24. The number of thioether (sulfide) groups is 1. The Morgan fingerprint density at radius 2 is 2.21 bits per heavy atom. The summed E-state index contributed by atoms with van der Waals surface area (Å²) in [6.07, 6.45) is 0. The first-order valence-corrected chi connectivity index (χ1v) is 5.28. The van der Waals surface area contributed by atoms with Crippen LogP contribution in [0, 0.1) is 0 Å². The van der Waals surface area contributed by atoms with E-state index < -0.39 is 5.97 Å². The number of carboxylic acid groups (broad SMARTS) is 1. The first-order chi connectivity index (χ1) is 6.65. The van der Waals surface area contributed by atoms with Gasteiger partial charge in [-0.15, -0.1) is 11.8 Å². The molecule has 2 N–H and O–H groups in total. The highest BCUT2D eigenvalue weighted by molar-refractivity contribution is 7.99. The van der Waals surface area contributed by atoms with E-state index in [0.717, 1.165) is 4.90 Å². The summed E-state index contributed by atoms with van der Waals surface area (Å²) < 4.78 is 0. The number of hydrogen-bond acceptors (Lipinski definition) is 3. The molecule has 0 aliphatic heterocycles. The summed E-state index contributed by atoms with van der Waals surface area (Å²) in [4.78, 5) is 11.5. The van der Waals surface area contributed by atoms with Crippen molar-refractivity contribution in [3.8, 4) is 0 Å². The van der Waals surface area contributed by atoms with Gasteiger partial charge in [-0.2, -0.15) is 0 Å². The number of aliphatic hydroxyl groups excluding tert-OH is 1. The Bertz CT molecular complexity index is 341. The zero-order chi connectivity index (χ0) is 10.6. The van der Waals surface area contributed by atoms with Crippen molar-refractivity contribution >= 4 is 29.3 Å². The Labute approximate surface area is 90.7 Å². The maximum atomic E-state index is 10.6. The van der Waals surface area contributed by atoms with Gasteiger partial charge in [-0.1, -0.05) is 11.6 Å². The lowest BCUT2D eigenvalue weighted by Crippen LogP contribution is -1.97. The molecule has 0 aromatic heterocycles. The number of halogens is 1. The molecule has 0 amide bonds. The van der Waals surface area contributed by atoms with Crippen molar-refractivity contribution in [3.05, 3.63) is 28.8 Å². The van der Waals surface area contributed by atoms with Crippen LogP contribution in [-0.4, -0.2) is 28.5 Å². The molecule has 14 heavy (non-hydrogen) atoms. The number of benzene rings is 1. The molecular weight excluding hydrogens is 224 g/mol. The Morgan fingerprint density at radius 1 is 1.50 bits per heavy atom. The highest BCUT2D eigenvalue weighted by Gasteiger charge is 2.08. The molecule has 0 bridgehead atoms. The molecule has 0 saturated heterocycles. The molecule has 0 atom stereocenters. The van der Waals surface area contributed by atoms with Crippen molar-refractivity contribution in [2.45, 2.75) is 4.90 Å². The number of aromatic carboxylic acids is 1. The summed E-state index contributed by atoms with van der Waals surface area (Å²) in [5.41, 5.74) is 0.0972. The van der Waals surface area contributed by atoms with Gasteiger partial charge < -0.3 is 10.2 Å². The highest BCUT2D eigenvalue weighted by Crippen LogP contribution is 2.24. The average molecular weight is 233 g/mol. The summed E-state index contributed by atoms with van der Waals surface area (Å²) in [6.45, 7) is 0.0863. The zero-order valence-corrected chi connectivity index (χ0v) is 8.81. The molecule has 0 aliphatic carbocycles. The molecule has 5 heteroatoms. The van der Waals surface area contributed by atoms with Crippen LogP contribution in [0.4, 0.5) is 0 Å². The van der Waals surface area contributed by atoms with E-state index in [0.29, 0.717) is 5.75 Å². The van der Waals surface area contributed by atoms with Gasteiger partial charge in [0, 0.05) is 10.6 Å². The van der Waals surface area contributed by atoms with Gasteiger partial charge in [-0.25, -0.2) is 4.79 Å². The van der Waals surface area contributed by atoms with E-state index in [1.165, 1.54) is 17.8 Å².